The van der Waals surface area contributed by atoms with Crippen LogP contribution in [-0.4, -0.2) is 38.6 Å². The van der Waals surface area contributed by atoms with E-state index in [2.05, 4.69) is 23.3 Å². The Balaban J connectivity index is 2.20. The number of hydrogen-bond acceptors (Lipinski definition) is 3. The van der Waals surface area contributed by atoms with Crippen LogP contribution >= 0.6 is 0 Å². The first kappa shape index (κ1) is 10.5. The van der Waals surface area contributed by atoms with Crippen molar-refractivity contribution in [1.29, 1.82) is 5.26 Å². The molecule has 0 heterocycles. The number of nitrogens with zero attached hydrogens (tertiary/aromatic N) is 2. The molecule has 74 valence electrons. The molecule has 3 nitrogen and oxygen atoms in total. The molecule has 0 unspecified atom stereocenters. The van der Waals surface area contributed by atoms with E-state index in [-0.39, 0.29) is 0 Å². The molecule has 3 heteroatoms. The summed E-state index contributed by atoms with van der Waals surface area (Å²) in [6, 6.07) is 2.29. The minimum absolute atomic E-state index is 0.358. The molecule has 0 aromatic carbocycles. The number of rotatable bonds is 6. The summed E-state index contributed by atoms with van der Waals surface area (Å²) in [5.41, 5.74) is 0.358. The van der Waals surface area contributed by atoms with Crippen molar-refractivity contribution >= 4 is 0 Å². The Morgan fingerprint density at radius 1 is 1.54 bits per heavy atom. The molecule has 0 spiro atoms. The fraction of sp³-hybridized carbons (Fsp3) is 0.900. The van der Waals surface area contributed by atoms with Crippen molar-refractivity contribution in [3.63, 3.8) is 0 Å². The largest absolute Gasteiger partial charge is 0.318 e. The van der Waals surface area contributed by atoms with Crippen LogP contribution in [0, 0.1) is 16.7 Å². The van der Waals surface area contributed by atoms with Crippen LogP contribution in [0.4, 0.5) is 0 Å². The van der Waals surface area contributed by atoms with Crippen LogP contribution in [-0.2, 0) is 0 Å². The van der Waals surface area contributed by atoms with E-state index in [1.807, 2.05) is 7.05 Å². The van der Waals surface area contributed by atoms with Crippen molar-refractivity contribution in [2.24, 2.45) is 5.41 Å². The molecule has 1 fully saturated rings. The molecule has 1 rings (SSSR count). The Hall–Kier alpha value is -0.590. The Morgan fingerprint density at radius 2 is 2.23 bits per heavy atom. The maximum atomic E-state index is 8.65. The third-order valence-corrected chi connectivity index (χ3v) is 2.76. The lowest BCUT2D eigenvalue weighted by molar-refractivity contribution is 0.266. The summed E-state index contributed by atoms with van der Waals surface area (Å²) in [6.07, 6.45) is 3.21. The molecule has 13 heavy (non-hydrogen) atoms. The predicted molar refractivity (Wildman–Crippen MR) is 53.3 cm³/mol. The van der Waals surface area contributed by atoms with Crippen molar-refractivity contribution in [2.75, 3.05) is 33.7 Å². The summed E-state index contributed by atoms with van der Waals surface area (Å²) < 4.78 is 0. The van der Waals surface area contributed by atoms with Crippen LogP contribution in [0.1, 0.15) is 19.3 Å². The monoisotopic (exact) mass is 181 g/mol. The highest BCUT2D eigenvalue weighted by molar-refractivity contribution is 5.00. The lowest BCUT2D eigenvalue weighted by Gasteiger charge is -2.21. The summed E-state index contributed by atoms with van der Waals surface area (Å²) in [4.78, 5) is 2.32. The van der Waals surface area contributed by atoms with Gasteiger partial charge in [0, 0.05) is 26.1 Å². The van der Waals surface area contributed by atoms with Crippen LogP contribution in [0.15, 0.2) is 0 Å². The van der Waals surface area contributed by atoms with Gasteiger partial charge in [0.25, 0.3) is 0 Å². The second-order valence-corrected chi connectivity index (χ2v) is 4.18. The molecule has 0 bridgehead atoms. The van der Waals surface area contributed by atoms with Gasteiger partial charge in [-0.15, -0.1) is 0 Å². The molecule has 1 N–H and O–H groups in total. The van der Waals surface area contributed by atoms with Gasteiger partial charge < -0.3 is 10.2 Å². The van der Waals surface area contributed by atoms with Gasteiger partial charge in [-0.3, -0.25) is 0 Å². The third kappa shape index (κ3) is 3.33. The average Bonchev–Trinajstić information content (AvgIpc) is 2.82. The molecule has 0 amide bonds. The highest BCUT2D eigenvalue weighted by Crippen LogP contribution is 2.48. The highest BCUT2D eigenvalue weighted by atomic mass is 15.1. The van der Waals surface area contributed by atoms with Crippen LogP contribution in [0.3, 0.4) is 0 Å². The van der Waals surface area contributed by atoms with Gasteiger partial charge in [-0.1, -0.05) is 0 Å². The Labute approximate surface area is 80.7 Å². The van der Waals surface area contributed by atoms with Gasteiger partial charge in [0.15, 0.2) is 0 Å². The van der Waals surface area contributed by atoms with Gasteiger partial charge in [-0.05, 0) is 32.4 Å². The van der Waals surface area contributed by atoms with Gasteiger partial charge in [-0.25, -0.2) is 0 Å². The Bertz CT molecular complexity index is 191. The first-order valence-corrected chi connectivity index (χ1v) is 4.92. The van der Waals surface area contributed by atoms with Gasteiger partial charge in [-0.2, -0.15) is 5.26 Å². The van der Waals surface area contributed by atoms with Crippen molar-refractivity contribution in [3.05, 3.63) is 0 Å². The van der Waals surface area contributed by atoms with Crippen LogP contribution < -0.4 is 5.32 Å². The zero-order chi connectivity index (χ0) is 9.73. The number of nitrogens with one attached hydrogen (secondary N) is 1. The second-order valence-electron chi connectivity index (χ2n) is 4.18. The summed E-state index contributed by atoms with van der Waals surface area (Å²) in [5, 5.41) is 11.8. The lowest BCUT2D eigenvalue weighted by Crippen LogP contribution is -2.32. The van der Waals surface area contributed by atoms with Gasteiger partial charge in [0.05, 0.1) is 6.07 Å². The van der Waals surface area contributed by atoms with Crippen molar-refractivity contribution in [3.8, 4) is 6.07 Å². The Kier molecular flexibility index (Phi) is 3.71. The minimum atomic E-state index is 0.358. The molecular formula is C10H19N3. The van der Waals surface area contributed by atoms with Crippen LogP contribution in [0.5, 0.6) is 0 Å². The van der Waals surface area contributed by atoms with E-state index in [0.29, 0.717) is 5.41 Å². The van der Waals surface area contributed by atoms with Gasteiger partial charge in [0.2, 0.25) is 0 Å². The minimum Gasteiger partial charge on any atom is -0.318 e. The molecule has 0 atom stereocenters. The molecular weight excluding hydrogens is 162 g/mol. The highest BCUT2D eigenvalue weighted by Gasteiger charge is 2.42. The van der Waals surface area contributed by atoms with E-state index in [4.69, 9.17) is 5.26 Å². The standard InChI is InChI=1S/C10H19N3/c1-12-7-8-13(2)9-10(3-4-10)5-6-11/h12H,3-5,7-9H2,1-2H3. The number of hydrogen-bond donors (Lipinski definition) is 1. The maximum Gasteiger partial charge on any atom is 0.0628 e. The fourth-order valence-electron chi connectivity index (χ4n) is 1.69. The van der Waals surface area contributed by atoms with Crippen molar-refractivity contribution < 1.29 is 0 Å². The average molecular weight is 181 g/mol. The number of likely N-dealkylation sites (N-methyl/N-ethyl adjacent to an activating group) is 2. The molecule has 0 radical (unpaired) electrons. The van der Waals surface area contributed by atoms with E-state index in [9.17, 15) is 0 Å². The van der Waals surface area contributed by atoms with E-state index in [1.165, 1.54) is 12.8 Å². The van der Waals surface area contributed by atoms with Crippen LogP contribution in [0.2, 0.25) is 0 Å². The summed E-state index contributed by atoms with van der Waals surface area (Å²) in [7, 11) is 4.10. The molecule has 1 saturated carbocycles. The maximum absolute atomic E-state index is 8.65. The normalized spacial score (nSPS) is 18.6. The molecule has 1 aliphatic carbocycles. The van der Waals surface area contributed by atoms with Crippen molar-refractivity contribution in [2.45, 2.75) is 19.3 Å². The fourth-order valence-corrected chi connectivity index (χ4v) is 1.69. The van der Waals surface area contributed by atoms with E-state index in [1.54, 1.807) is 0 Å². The molecule has 0 saturated heterocycles. The molecule has 1 aliphatic rings. The smallest absolute Gasteiger partial charge is 0.0628 e. The molecule has 0 aromatic rings. The zero-order valence-corrected chi connectivity index (χ0v) is 8.64. The first-order chi connectivity index (χ1) is 6.22. The zero-order valence-electron chi connectivity index (χ0n) is 8.64. The van der Waals surface area contributed by atoms with E-state index < -0.39 is 0 Å². The number of nitriles is 1. The third-order valence-electron chi connectivity index (χ3n) is 2.76. The molecule has 0 aliphatic heterocycles. The SMILES string of the molecule is CNCCN(C)CC1(CC#N)CC1. The summed E-state index contributed by atoms with van der Waals surface area (Å²) >= 11 is 0. The summed E-state index contributed by atoms with van der Waals surface area (Å²) in [5.74, 6) is 0. The Morgan fingerprint density at radius 3 is 2.69 bits per heavy atom. The predicted octanol–water partition coefficient (Wildman–Crippen LogP) is 0.831. The van der Waals surface area contributed by atoms with E-state index in [0.717, 1.165) is 26.1 Å². The van der Waals surface area contributed by atoms with Gasteiger partial charge >= 0.3 is 0 Å². The van der Waals surface area contributed by atoms with Gasteiger partial charge in [0.1, 0.15) is 0 Å². The summed E-state index contributed by atoms with van der Waals surface area (Å²) in [6.45, 7) is 3.19. The quantitative estimate of drug-likeness (QED) is 0.659. The van der Waals surface area contributed by atoms with Crippen molar-refractivity contribution in [1.82, 2.24) is 10.2 Å². The van der Waals surface area contributed by atoms with E-state index >= 15 is 0 Å². The van der Waals surface area contributed by atoms with Crippen LogP contribution in [0.25, 0.3) is 0 Å². The topological polar surface area (TPSA) is 39.1 Å². The second kappa shape index (κ2) is 4.59. The lowest BCUT2D eigenvalue weighted by atomic mass is 10.0. The molecule has 0 aromatic heterocycles. The first-order valence-electron chi connectivity index (χ1n) is 4.92.